The number of benzene rings is 1. The van der Waals surface area contributed by atoms with Gasteiger partial charge in [-0.25, -0.2) is 0 Å². The van der Waals surface area contributed by atoms with Gasteiger partial charge < -0.3 is 20.3 Å². The summed E-state index contributed by atoms with van der Waals surface area (Å²) in [6, 6.07) is 9.27. The number of ether oxygens (including phenoxy) is 1. The number of aliphatic imine (C=N–C) groups is 1. The zero-order chi connectivity index (χ0) is 19.9. The van der Waals surface area contributed by atoms with E-state index in [-0.39, 0.29) is 24.0 Å². The fourth-order valence-corrected chi connectivity index (χ4v) is 4.43. The molecule has 0 radical (unpaired) electrons. The van der Waals surface area contributed by atoms with Crippen LogP contribution < -0.4 is 20.3 Å². The van der Waals surface area contributed by atoms with Crippen LogP contribution in [0.25, 0.3) is 0 Å². The summed E-state index contributed by atoms with van der Waals surface area (Å²) in [6.45, 7) is 9.98. The lowest BCUT2D eigenvalue weighted by molar-refractivity contribution is 0.226. The number of para-hydroxylation sites is 2. The van der Waals surface area contributed by atoms with Gasteiger partial charge in [-0.1, -0.05) is 26.0 Å². The molecule has 0 aromatic heterocycles. The molecule has 7 heteroatoms. The highest BCUT2D eigenvalue weighted by molar-refractivity contribution is 14.0. The summed E-state index contributed by atoms with van der Waals surface area (Å²) in [7, 11) is 3.60. The molecule has 0 aliphatic carbocycles. The van der Waals surface area contributed by atoms with Crippen molar-refractivity contribution in [2.24, 2.45) is 10.9 Å². The zero-order valence-electron chi connectivity index (χ0n) is 18.4. The Morgan fingerprint density at radius 3 is 2.76 bits per heavy atom. The third-order valence-electron chi connectivity index (χ3n) is 5.78. The number of methoxy groups -OCH3 is 1. The van der Waals surface area contributed by atoms with E-state index in [1.807, 2.05) is 19.2 Å². The van der Waals surface area contributed by atoms with Crippen molar-refractivity contribution in [1.29, 1.82) is 0 Å². The van der Waals surface area contributed by atoms with E-state index in [0.29, 0.717) is 12.1 Å². The summed E-state index contributed by atoms with van der Waals surface area (Å²) in [4.78, 5) is 9.49. The van der Waals surface area contributed by atoms with Crippen molar-refractivity contribution < 1.29 is 4.74 Å². The standard InChI is InChI=1S/C22H37N5O.HI/c1-17(2)15-26-12-7-8-19(26)14-24-22(23-3)25-18-11-13-27(16-18)20-9-5-6-10-21(20)28-4;/h5-6,9-10,17-19H,7-8,11-16H2,1-4H3,(H2,23,24,25);1H/t18?,19-;/m1./s1. The van der Waals surface area contributed by atoms with Crippen LogP contribution in [0.4, 0.5) is 5.69 Å². The van der Waals surface area contributed by atoms with Gasteiger partial charge in [0, 0.05) is 45.3 Å². The van der Waals surface area contributed by atoms with Crippen LogP contribution in [-0.4, -0.2) is 69.8 Å². The van der Waals surface area contributed by atoms with E-state index in [4.69, 9.17) is 4.74 Å². The van der Waals surface area contributed by atoms with Crippen LogP contribution in [0.1, 0.15) is 33.1 Å². The zero-order valence-corrected chi connectivity index (χ0v) is 20.7. The smallest absolute Gasteiger partial charge is 0.191 e. The highest BCUT2D eigenvalue weighted by Gasteiger charge is 2.27. The van der Waals surface area contributed by atoms with Crippen LogP contribution in [0.2, 0.25) is 0 Å². The van der Waals surface area contributed by atoms with Gasteiger partial charge in [-0.3, -0.25) is 9.89 Å². The number of rotatable bonds is 7. The third kappa shape index (κ3) is 6.64. The summed E-state index contributed by atoms with van der Waals surface area (Å²) >= 11 is 0. The van der Waals surface area contributed by atoms with Gasteiger partial charge in [0.15, 0.2) is 5.96 Å². The first-order valence-electron chi connectivity index (χ1n) is 10.7. The number of hydrogen-bond donors (Lipinski definition) is 2. The maximum absolute atomic E-state index is 5.53. The maximum atomic E-state index is 5.53. The summed E-state index contributed by atoms with van der Waals surface area (Å²) in [6.07, 6.45) is 3.69. The van der Waals surface area contributed by atoms with E-state index < -0.39 is 0 Å². The van der Waals surface area contributed by atoms with E-state index in [0.717, 1.165) is 43.7 Å². The van der Waals surface area contributed by atoms with E-state index in [9.17, 15) is 0 Å². The highest BCUT2D eigenvalue weighted by atomic mass is 127. The first-order chi connectivity index (χ1) is 13.6. The molecule has 3 rings (SSSR count). The van der Waals surface area contributed by atoms with Gasteiger partial charge in [0.05, 0.1) is 12.8 Å². The van der Waals surface area contributed by atoms with Gasteiger partial charge in [0.1, 0.15) is 5.75 Å². The SMILES string of the molecule is CN=C(NC[C@H]1CCCN1CC(C)C)NC1CCN(c2ccccc2OC)C1.I. The average Bonchev–Trinajstić information content (AvgIpc) is 3.34. The van der Waals surface area contributed by atoms with Crippen LogP contribution in [-0.2, 0) is 0 Å². The van der Waals surface area contributed by atoms with Crippen molar-refractivity contribution in [3.8, 4) is 5.75 Å². The minimum atomic E-state index is 0. The van der Waals surface area contributed by atoms with Crippen molar-refractivity contribution in [3.05, 3.63) is 24.3 Å². The van der Waals surface area contributed by atoms with Gasteiger partial charge in [-0.15, -0.1) is 24.0 Å². The molecule has 2 heterocycles. The highest BCUT2D eigenvalue weighted by Crippen LogP contribution is 2.30. The molecule has 0 saturated carbocycles. The summed E-state index contributed by atoms with van der Waals surface area (Å²) < 4.78 is 5.53. The summed E-state index contributed by atoms with van der Waals surface area (Å²) in [5.41, 5.74) is 1.17. The molecular formula is C22H38IN5O. The van der Waals surface area contributed by atoms with Gasteiger partial charge in [-0.05, 0) is 43.9 Å². The van der Waals surface area contributed by atoms with Gasteiger partial charge in [0.25, 0.3) is 0 Å². The Labute approximate surface area is 193 Å². The number of guanidine groups is 1. The van der Waals surface area contributed by atoms with Crippen LogP contribution in [0.15, 0.2) is 29.3 Å². The van der Waals surface area contributed by atoms with Crippen molar-refractivity contribution in [2.75, 3.05) is 51.8 Å². The number of nitrogens with zero attached hydrogens (tertiary/aromatic N) is 3. The molecule has 1 unspecified atom stereocenters. The Kier molecular flexibility index (Phi) is 9.82. The number of anilines is 1. The number of nitrogens with one attached hydrogen (secondary N) is 2. The van der Waals surface area contributed by atoms with Gasteiger partial charge >= 0.3 is 0 Å². The van der Waals surface area contributed by atoms with Crippen molar-refractivity contribution >= 4 is 35.6 Å². The topological polar surface area (TPSA) is 52.1 Å². The van der Waals surface area contributed by atoms with E-state index in [1.165, 1.54) is 31.6 Å². The number of hydrogen-bond acceptors (Lipinski definition) is 4. The molecule has 2 N–H and O–H groups in total. The molecule has 164 valence electrons. The molecule has 2 aliphatic rings. The maximum Gasteiger partial charge on any atom is 0.191 e. The molecule has 1 aromatic rings. The van der Waals surface area contributed by atoms with Crippen molar-refractivity contribution in [1.82, 2.24) is 15.5 Å². The third-order valence-corrected chi connectivity index (χ3v) is 5.78. The normalized spacial score (nSPS) is 22.7. The lowest BCUT2D eigenvalue weighted by Crippen LogP contribution is -2.48. The van der Waals surface area contributed by atoms with Gasteiger partial charge in [0.2, 0.25) is 0 Å². The minimum absolute atomic E-state index is 0. The average molecular weight is 515 g/mol. The molecule has 1 aromatic carbocycles. The molecule has 2 saturated heterocycles. The fraction of sp³-hybridized carbons (Fsp3) is 0.682. The molecule has 6 nitrogen and oxygen atoms in total. The molecule has 29 heavy (non-hydrogen) atoms. The second-order valence-electron chi connectivity index (χ2n) is 8.39. The van der Waals surface area contributed by atoms with Crippen molar-refractivity contribution in [3.63, 3.8) is 0 Å². The molecular weight excluding hydrogens is 477 g/mol. The molecule has 2 atom stereocenters. The number of likely N-dealkylation sites (tertiary alicyclic amines) is 1. The minimum Gasteiger partial charge on any atom is -0.495 e. The van der Waals surface area contributed by atoms with E-state index in [1.54, 1.807) is 7.11 Å². The lowest BCUT2D eigenvalue weighted by atomic mass is 10.1. The van der Waals surface area contributed by atoms with Crippen LogP contribution >= 0.6 is 24.0 Å². The Bertz CT molecular complexity index is 654. The summed E-state index contributed by atoms with van der Waals surface area (Å²) in [5, 5.41) is 7.19. The largest absolute Gasteiger partial charge is 0.495 e. The Morgan fingerprint density at radius 1 is 1.24 bits per heavy atom. The first kappa shape index (κ1) is 24.1. The molecule has 0 amide bonds. The Balaban J connectivity index is 0.00000300. The second-order valence-corrected chi connectivity index (χ2v) is 8.39. The first-order valence-corrected chi connectivity index (χ1v) is 10.7. The second kappa shape index (κ2) is 11.8. The van der Waals surface area contributed by atoms with E-state index >= 15 is 0 Å². The quantitative estimate of drug-likeness (QED) is 0.332. The van der Waals surface area contributed by atoms with Crippen molar-refractivity contribution in [2.45, 2.75) is 45.2 Å². The van der Waals surface area contributed by atoms with Crippen LogP contribution in [0.3, 0.4) is 0 Å². The van der Waals surface area contributed by atoms with Gasteiger partial charge in [-0.2, -0.15) is 0 Å². The molecule has 0 spiro atoms. The lowest BCUT2D eigenvalue weighted by Gasteiger charge is -2.27. The molecule has 2 aliphatic heterocycles. The fourth-order valence-electron chi connectivity index (χ4n) is 4.43. The monoisotopic (exact) mass is 515 g/mol. The van der Waals surface area contributed by atoms with Crippen LogP contribution in [0.5, 0.6) is 5.75 Å². The van der Waals surface area contributed by atoms with E-state index in [2.05, 4.69) is 51.4 Å². The Hall–Kier alpha value is -1.22. The summed E-state index contributed by atoms with van der Waals surface area (Å²) in [5.74, 6) is 2.58. The number of halogens is 1. The molecule has 0 bridgehead atoms. The predicted octanol–water partition coefficient (Wildman–Crippen LogP) is 3.18. The molecule has 2 fully saturated rings. The van der Waals surface area contributed by atoms with Crippen LogP contribution in [0, 0.1) is 5.92 Å². The Morgan fingerprint density at radius 2 is 2.03 bits per heavy atom. The predicted molar refractivity (Wildman–Crippen MR) is 133 cm³/mol.